The van der Waals surface area contributed by atoms with Crippen LogP contribution in [0.1, 0.15) is 11.1 Å². The molecule has 3 nitrogen and oxygen atoms in total. The predicted octanol–water partition coefficient (Wildman–Crippen LogP) is 2.78. The summed E-state index contributed by atoms with van der Waals surface area (Å²) in [4.78, 5) is 12.1. The van der Waals surface area contributed by atoms with Gasteiger partial charge in [-0.15, -0.1) is 0 Å². The highest BCUT2D eigenvalue weighted by atomic mass is 32.1. The third kappa shape index (κ3) is 3.61. The van der Waals surface area contributed by atoms with Crippen LogP contribution in [0.4, 0.5) is 14.5 Å². The van der Waals surface area contributed by atoms with Crippen LogP contribution in [-0.2, 0) is 11.2 Å². The van der Waals surface area contributed by atoms with E-state index in [0.29, 0.717) is 11.3 Å². The van der Waals surface area contributed by atoms with Crippen LogP contribution in [0.5, 0.6) is 0 Å². The zero-order valence-corrected chi connectivity index (χ0v) is 11.7. The number of thiocarbonyl (C=S) groups is 1. The lowest BCUT2D eigenvalue weighted by atomic mass is 10.1. The molecule has 2 rings (SSSR count). The number of hydrogen-bond acceptors (Lipinski definition) is 2. The highest BCUT2D eigenvalue weighted by Gasteiger charge is 2.14. The fourth-order valence-corrected chi connectivity index (χ4v) is 2.04. The molecule has 0 radical (unpaired) electrons. The Bertz CT molecular complexity index is 684. The van der Waals surface area contributed by atoms with Crippen LogP contribution >= 0.6 is 12.2 Å². The lowest BCUT2D eigenvalue weighted by molar-refractivity contribution is -0.115. The quantitative estimate of drug-likeness (QED) is 0.854. The van der Waals surface area contributed by atoms with Crippen molar-refractivity contribution in [1.29, 1.82) is 0 Å². The number of benzene rings is 2. The molecule has 0 atom stereocenters. The smallest absolute Gasteiger partial charge is 0.229 e. The molecule has 0 aromatic heterocycles. The maximum absolute atomic E-state index is 13.5. The summed E-state index contributed by atoms with van der Waals surface area (Å²) in [7, 11) is 0. The minimum absolute atomic E-state index is 0.128. The first-order chi connectivity index (χ1) is 9.99. The van der Waals surface area contributed by atoms with E-state index < -0.39 is 24.0 Å². The molecule has 2 aromatic carbocycles. The van der Waals surface area contributed by atoms with Gasteiger partial charge in [0.05, 0.1) is 12.1 Å². The van der Waals surface area contributed by atoms with Crippen LogP contribution in [0, 0.1) is 11.6 Å². The van der Waals surface area contributed by atoms with Crippen molar-refractivity contribution in [3.63, 3.8) is 0 Å². The number of anilines is 1. The van der Waals surface area contributed by atoms with E-state index >= 15 is 0 Å². The Kier molecular flexibility index (Phi) is 4.59. The van der Waals surface area contributed by atoms with Gasteiger partial charge in [0.1, 0.15) is 16.6 Å². The second-order valence-electron chi connectivity index (χ2n) is 4.33. The number of rotatable bonds is 4. The molecule has 1 amide bonds. The van der Waals surface area contributed by atoms with Crippen molar-refractivity contribution in [2.45, 2.75) is 6.42 Å². The number of hydrogen-bond donors (Lipinski definition) is 2. The molecular weight excluding hydrogens is 294 g/mol. The minimum atomic E-state index is -0.757. The number of halogens is 2. The van der Waals surface area contributed by atoms with E-state index in [1.54, 1.807) is 24.3 Å². The van der Waals surface area contributed by atoms with Gasteiger partial charge in [-0.1, -0.05) is 30.4 Å². The summed E-state index contributed by atoms with van der Waals surface area (Å²) in [5.74, 6) is -2.07. The first kappa shape index (κ1) is 15.1. The van der Waals surface area contributed by atoms with Crippen molar-refractivity contribution in [2.24, 2.45) is 5.73 Å². The summed E-state index contributed by atoms with van der Waals surface area (Å²) < 4.78 is 27.0. The highest BCUT2D eigenvalue weighted by molar-refractivity contribution is 7.80. The Balaban J connectivity index is 2.18. The maximum Gasteiger partial charge on any atom is 0.229 e. The van der Waals surface area contributed by atoms with E-state index in [1.807, 2.05) is 0 Å². The van der Waals surface area contributed by atoms with Crippen molar-refractivity contribution >= 4 is 28.8 Å². The zero-order chi connectivity index (χ0) is 15.4. The molecule has 0 aliphatic rings. The van der Waals surface area contributed by atoms with Crippen molar-refractivity contribution in [3.05, 3.63) is 65.2 Å². The number of amides is 1. The van der Waals surface area contributed by atoms with Crippen LogP contribution in [-0.4, -0.2) is 10.9 Å². The van der Waals surface area contributed by atoms with Crippen LogP contribution in [0.3, 0.4) is 0 Å². The maximum atomic E-state index is 13.5. The van der Waals surface area contributed by atoms with E-state index in [-0.39, 0.29) is 10.6 Å². The average molecular weight is 306 g/mol. The molecule has 108 valence electrons. The van der Waals surface area contributed by atoms with Crippen molar-refractivity contribution < 1.29 is 13.6 Å². The molecule has 3 N–H and O–H groups in total. The number of carbonyl (C=O) groups excluding carboxylic acids is 1. The second-order valence-corrected chi connectivity index (χ2v) is 4.77. The van der Waals surface area contributed by atoms with Gasteiger partial charge >= 0.3 is 0 Å². The minimum Gasteiger partial charge on any atom is -0.389 e. The van der Waals surface area contributed by atoms with E-state index in [9.17, 15) is 13.6 Å². The third-order valence-corrected chi connectivity index (χ3v) is 3.09. The van der Waals surface area contributed by atoms with E-state index in [1.165, 1.54) is 6.07 Å². The molecular formula is C15H12F2N2OS. The molecule has 0 aliphatic heterocycles. The first-order valence-electron chi connectivity index (χ1n) is 6.10. The number of nitrogens with two attached hydrogens (primary N) is 1. The van der Waals surface area contributed by atoms with Gasteiger partial charge in [-0.25, -0.2) is 8.78 Å². The van der Waals surface area contributed by atoms with Crippen LogP contribution < -0.4 is 11.1 Å². The Labute approximate surface area is 125 Å². The Morgan fingerprint density at radius 1 is 1.10 bits per heavy atom. The van der Waals surface area contributed by atoms with Crippen molar-refractivity contribution in [2.75, 3.05) is 5.32 Å². The molecule has 0 spiro atoms. The molecule has 0 heterocycles. The van der Waals surface area contributed by atoms with Crippen LogP contribution in [0.15, 0.2) is 42.5 Å². The summed E-state index contributed by atoms with van der Waals surface area (Å²) in [6.07, 6.45) is -0.413. The van der Waals surface area contributed by atoms with E-state index in [4.69, 9.17) is 18.0 Å². The molecule has 21 heavy (non-hydrogen) atoms. The molecule has 0 unspecified atom stereocenters. The lowest BCUT2D eigenvalue weighted by Crippen LogP contribution is -2.19. The summed E-state index contributed by atoms with van der Waals surface area (Å²) in [5, 5.41) is 2.56. The number of para-hydroxylation sites is 1. The molecule has 0 fully saturated rings. The number of carbonyl (C=O) groups is 1. The summed E-state index contributed by atoms with van der Waals surface area (Å²) in [6, 6.07) is 10.1. The topological polar surface area (TPSA) is 55.1 Å². The van der Waals surface area contributed by atoms with Crippen LogP contribution in [0.2, 0.25) is 0 Å². The van der Waals surface area contributed by atoms with Gasteiger partial charge < -0.3 is 11.1 Å². The Morgan fingerprint density at radius 3 is 2.33 bits per heavy atom. The van der Waals surface area contributed by atoms with Gasteiger partial charge in [-0.2, -0.15) is 0 Å². The standard InChI is InChI=1S/C15H12F2N2OS/c16-11-5-3-6-12(17)10(11)8-14(20)19-13-7-2-1-4-9(13)15(18)21/h1-7H,8H2,(H2,18,21)(H,19,20). The monoisotopic (exact) mass is 306 g/mol. The van der Waals surface area contributed by atoms with Gasteiger partial charge in [-0.3, -0.25) is 4.79 Å². The lowest BCUT2D eigenvalue weighted by Gasteiger charge is -2.10. The zero-order valence-electron chi connectivity index (χ0n) is 10.9. The largest absolute Gasteiger partial charge is 0.389 e. The third-order valence-electron chi connectivity index (χ3n) is 2.87. The Morgan fingerprint density at radius 2 is 1.71 bits per heavy atom. The predicted molar refractivity (Wildman–Crippen MR) is 81.0 cm³/mol. The van der Waals surface area contributed by atoms with Gasteiger partial charge in [0.2, 0.25) is 5.91 Å². The summed E-state index contributed by atoms with van der Waals surface area (Å²) >= 11 is 4.88. The second kappa shape index (κ2) is 6.41. The molecule has 0 aliphatic carbocycles. The fourth-order valence-electron chi connectivity index (χ4n) is 1.86. The van der Waals surface area contributed by atoms with Gasteiger partial charge in [0.25, 0.3) is 0 Å². The molecule has 0 bridgehead atoms. The fraction of sp³-hybridized carbons (Fsp3) is 0.0667. The van der Waals surface area contributed by atoms with E-state index in [2.05, 4.69) is 5.32 Å². The van der Waals surface area contributed by atoms with Crippen LogP contribution in [0.25, 0.3) is 0 Å². The van der Waals surface area contributed by atoms with Gasteiger partial charge in [0, 0.05) is 11.1 Å². The van der Waals surface area contributed by atoms with E-state index in [0.717, 1.165) is 12.1 Å². The molecule has 6 heteroatoms. The normalized spacial score (nSPS) is 10.2. The van der Waals surface area contributed by atoms with Crippen molar-refractivity contribution in [3.8, 4) is 0 Å². The molecule has 0 saturated heterocycles. The first-order valence-corrected chi connectivity index (χ1v) is 6.51. The van der Waals surface area contributed by atoms with Gasteiger partial charge in [0.15, 0.2) is 0 Å². The molecule has 0 saturated carbocycles. The summed E-state index contributed by atoms with van der Waals surface area (Å²) in [6.45, 7) is 0. The average Bonchev–Trinajstić information content (AvgIpc) is 2.43. The SMILES string of the molecule is NC(=S)c1ccccc1NC(=O)Cc1c(F)cccc1F. The van der Waals surface area contributed by atoms with Crippen molar-refractivity contribution in [1.82, 2.24) is 0 Å². The van der Waals surface area contributed by atoms with Gasteiger partial charge in [-0.05, 0) is 24.3 Å². The summed E-state index contributed by atoms with van der Waals surface area (Å²) in [5.41, 5.74) is 6.18. The highest BCUT2D eigenvalue weighted by Crippen LogP contribution is 2.17. The Hall–Kier alpha value is -2.34. The molecule has 2 aromatic rings. The number of nitrogens with one attached hydrogen (secondary N) is 1.